The van der Waals surface area contributed by atoms with E-state index in [-0.39, 0.29) is 23.8 Å². The summed E-state index contributed by atoms with van der Waals surface area (Å²) < 4.78 is 31.7. The molecule has 1 amide bonds. The van der Waals surface area contributed by atoms with Gasteiger partial charge in [0.15, 0.2) is 0 Å². The fourth-order valence-electron chi connectivity index (χ4n) is 5.05. The smallest absolute Gasteiger partial charge is 0.481 e. The molecule has 3 saturated carbocycles. The van der Waals surface area contributed by atoms with Crippen LogP contribution in [0.2, 0.25) is 0 Å². The van der Waals surface area contributed by atoms with Crippen LogP contribution in [0.4, 0.5) is 19.0 Å². The lowest BCUT2D eigenvalue weighted by Gasteiger charge is -2.42. The van der Waals surface area contributed by atoms with Crippen LogP contribution >= 0.6 is 0 Å². The fourth-order valence-corrected chi connectivity index (χ4v) is 5.05. The molecule has 3 fully saturated rings. The molecular formula is C22H28F3N3O5. The predicted octanol–water partition coefficient (Wildman–Crippen LogP) is 3.30. The molecule has 1 unspecified atom stereocenters. The standard InChI is InChI=1S/C20H27N3O3.C2HF3O2/c24-19(23-17-11-13-9-14(20(25)26)10-16(13)17)12-4-6-15(7-5-12)22-18-3-1-2-8-21-18;3-2(4,5)1(6)7/h1-3,8,12-17H,4-7,9-11H2,(H,21,22)(H,23,24)(H,25,26);(H,6,7)/t12?,13-,14?,15?,16-,17-;/m1./s1. The van der Waals surface area contributed by atoms with Crippen molar-refractivity contribution in [3.8, 4) is 0 Å². The number of carboxylic acids is 2. The van der Waals surface area contributed by atoms with Crippen molar-refractivity contribution >= 4 is 23.7 Å². The second-order valence-electron chi connectivity index (χ2n) is 8.99. The molecule has 0 bridgehead atoms. The molecule has 0 radical (unpaired) electrons. The van der Waals surface area contributed by atoms with Crippen molar-refractivity contribution in [3.05, 3.63) is 24.4 Å². The van der Waals surface area contributed by atoms with Gasteiger partial charge in [0.2, 0.25) is 5.91 Å². The van der Waals surface area contributed by atoms with E-state index in [1.807, 2.05) is 18.2 Å². The summed E-state index contributed by atoms with van der Waals surface area (Å²) in [5.41, 5.74) is 0. The minimum atomic E-state index is -5.08. The Morgan fingerprint density at radius 1 is 0.970 bits per heavy atom. The van der Waals surface area contributed by atoms with Crippen LogP contribution in [-0.2, 0) is 14.4 Å². The molecule has 1 aromatic rings. The normalized spacial score (nSPS) is 30.6. The number of carboxylic acid groups (broad SMARTS) is 2. The molecule has 1 aromatic heterocycles. The monoisotopic (exact) mass is 471 g/mol. The number of nitrogens with one attached hydrogen (secondary N) is 2. The molecule has 0 saturated heterocycles. The van der Waals surface area contributed by atoms with Gasteiger partial charge in [-0.2, -0.15) is 13.2 Å². The zero-order valence-electron chi connectivity index (χ0n) is 17.9. The molecule has 3 aliphatic carbocycles. The first-order valence-corrected chi connectivity index (χ1v) is 11.1. The van der Waals surface area contributed by atoms with Crippen LogP contribution in [-0.4, -0.2) is 51.3 Å². The average Bonchev–Trinajstić information content (AvgIpc) is 3.10. The van der Waals surface area contributed by atoms with Crippen LogP contribution in [0, 0.1) is 23.7 Å². The van der Waals surface area contributed by atoms with Gasteiger partial charge in [0.25, 0.3) is 0 Å². The van der Waals surface area contributed by atoms with Crippen LogP contribution in [0.25, 0.3) is 0 Å². The van der Waals surface area contributed by atoms with E-state index in [9.17, 15) is 27.9 Å². The van der Waals surface area contributed by atoms with Gasteiger partial charge >= 0.3 is 18.1 Å². The first kappa shape index (κ1) is 24.8. The van der Waals surface area contributed by atoms with Crippen molar-refractivity contribution in [1.29, 1.82) is 0 Å². The van der Waals surface area contributed by atoms with Crippen LogP contribution in [0.1, 0.15) is 44.9 Å². The van der Waals surface area contributed by atoms with E-state index in [2.05, 4.69) is 15.6 Å². The maximum absolute atomic E-state index is 12.6. The van der Waals surface area contributed by atoms with E-state index in [0.717, 1.165) is 50.8 Å². The van der Waals surface area contributed by atoms with E-state index in [1.165, 1.54) is 0 Å². The molecule has 0 aromatic carbocycles. The Bertz CT molecular complexity index is 843. The van der Waals surface area contributed by atoms with Gasteiger partial charge in [0.1, 0.15) is 5.82 Å². The van der Waals surface area contributed by atoms with Crippen LogP contribution < -0.4 is 10.6 Å². The Hall–Kier alpha value is -2.85. The van der Waals surface area contributed by atoms with Crippen molar-refractivity contribution in [1.82, 2.24) is 10.3 Å². The number of hydrogen-bond acceptors (Lipinski definition) is 5. The van der Waals surface area contributed by atoms with Crippen LogP contribution in [0.5, 0.6) is 0 Å². The number of nitrogens with zero attached hydrogens (tertiary/aromatic N) is 1. The van der Waals surface area contributed by atoms with Gasteiger partial charge in [0.05, 0.1) is 5.92 Å². The minimum Gasteiger partial charge on any atom is -0.481 e. The van der Waals surface area contributed by atoms with Crippen molar-refractivity contribution in [3.63, 3.8) is 0 Å². The molecule has 4 rings (SSSR count). The number of carbonyl (C=O) groups is 3. The van der Waals surface area contributed by atoms with E-state index in [1.54, 1.807) is 6.20 Å². The summed E-state index contributed by atoms with van der Waals surface area (Å²) in [6, 6.07) is 6.42. The Labute approximate surface area is 189 Å². The maximum atomic E-state index is 12.6. The third kappa shape index (κ3) is 6.58. The minimum absolute atomic E-state index is 0.0903. The Kier molecular flexibility index (Phi) is 7.80. The Morgan fingerprint density at radius 2 is 1.64 bits per heavy atom. The van der Waals surface area contributed by atoms with Crippen molar-refractivity contribution in [2.24, 2.45) is 23.7 Å². The lowest BCUT2D eigenvalue weighted by molar-refractivity contribution is -0.192. The lowest BCUT2D eigenvalue weighted by atomic mass is 9.71. The molecule has 33 heavy (non-hydrogen) atoms. The number of rotatable bonds is 5. The molecule has 4 N–H and O–H groups in total. The highest BCUT2D eigenvalue weighted by atomic mass is 19.4. The predicted molar refractivity (Wildman–Crippen MR) is 111 cm³/mol. The summed E-state index contributed by atoms with van der Waals surface area (Å²) in [5.74, 6) is -1.61. The summed E-state index contributed by atoms with van der Waals surface area (Å²) in [6.45, 7) is 0. The fraction of sp³-hybridized carbons (Fsp3) is 0.636. The zero-order chi connectivity index (χ0) is 24.2. The van der Waals surface area contributed by atoms with Gasteiger partial charge in [-0.3, -0.25) is 9.59 Å². The van der Waals surface area contributed by atoms with Crippen LogP contribution in [0.3, 0.4) is 0 Å². The van der Waals surface area contributed by atoms with E-state index in [0.29, 0.717) is 17.9 Å². The topological polar surface area (TPSA) is 129 Å². The summed E-state index contributed by atoms with van der Waals surface area (Å²) >= 11 is 0. The SMILES string of the molecule is O=C(O)C(F)(F)F.O=C(O)C1C[C@@H]2C[C@@H](NC(=O)C3CCC(Nc4ccccn4)CC3)[C@@H]2C1. The number of alkyl halides is 3. The molecule has 1 heterocycles. The number of pyridine rings is 1. The van der Waals surface area contributed by atoms with Crippen molar-refractivity contribution < 1.29 is 37.8 Å². The summed E-state index contributed by atoms with van der Waals surface area (Å²) in [5, 5.41) is 23.0. The number of fused-ring (bicyclic) bond motifs is 1. The summed E-state index contributed by atoms with van der Waals surface area (Å²) in [7, 11) is 0. The molecule has 182 valence electrons. The number of halogens is 3. The molecule has 11 heteroatoms. The molecule has 0 aliphatic heterocycles. The van der Waals surface area contributed by atoms with E-state index >= 15 is 0 Å². The lowest BCUT2D eigenvalue weighted by Crippen LogP contribution is -2.52. The molecule has 3 aliphatic rings. The van der Waals surface area contributed by atoms with Gasteiger partial charge in [0, 0.05) is 24.2 Å². The number of carbonyl (C=O) groups excluding carboxylic acids is 1. The van der Waals surface area contributed by atoms with Gasteiger partial charge in [-0.25, -0.2) is 9.78 Å². The Balaban J connectivity index is 0.000000383. The molecule has 8 nitrogen and oxygen atoms in total. The summed E-state index contributed by atoms with van der Waals surface area (Å²) in [4.78, 5) is 37.0. The largest absolute Gasteiger partial charge is 0.490 e. The number of hydrogen-bond donors (Lipinski definition) is 4. The van der Waals surface area contributed by atoms with Crippen molar-refractivity contribution in [2.75, 3.05) is 5.32 Å². The number of aromatic nitrogens is 1. The number of amides is 1. The highest BCUT2D eigenvalue weighted by molar-refractivity contribution is 5.79. The average molecular weight is 471 g/mol. The first-order valence-electron chi connectivity index (χ1n) is 11.1. The van der Waals surface area contributed by atoms with Gasteiger partial charge in [-0.1, -0.05) is 6.07 Å². The molecule has 4 atom stereocenters. The highest BCUT2D eigenvalue weighted by Gasteiger charge is 2.50. The Morgan fingerprint density at radius 3 is 2.18 bits per heavy atom. The molecular weight excluding hydrogens is 443 g/mol. The quantitative estimate of drug-likeness (QED) is 0.519. The number of anilines is 1. The van der Waals surface area contributed by atoms with E-state index < -0.39 is 18.1 Å². The third-order valence-electron chi connectivity index (χ3n) is 6.86. The highest BCUT2D eigenvalue weighted by Crippen LogP contribution is 2.49. The van der Waals surface area contributed by atoms with Crippen molar-refractivity contribution in [2.45, 2.75) is 63.2 Å². The van der Waals surface area contributed by atoms with Gasteiger partial charge in [-0.15, -0.1) is 0 Å². The van der Waals surface area contributed by atoms with Crippen LogP contribution in [0.15, 0.2) is 24.4 Å². The maximum Gasteiger partial charge on any atom is 0.490 e. The first-order chi connectivity index (χ1) is 15.5. The summed E-state index contributed by atoms with van der Waals surface area (Å²) in [6.07, 6.45) is 2.92. The molecule has 0 spiro atoms. The third-order valence-corrected chi connectivity index (χ3v) is 6.86. The zero-order valence-corrected chi connectivity index (χ0v) is 17.9. The second kappa shape index (κ2) is 10.4. The van der Waals surface area contributed by atoms with E-state index in [4.69, 9.17) is 9.90 Å². The second-order valence-corrected chi connectivity index (χ2v) is 8.99. The van der Waals surface area contributed by atoms with Gasteiger partial charge < -0.3 is 20.8 Å². The number of aliphatic carboxylic acids is 2. The van der Waals surface area contributed by atoms with Gasteiger partial charge in [-0.05, 0) is 68.9 Å².